The zero-order valence-electron chi connectivity index (χ0n) is 11.5. The molecule has 0 saturated heterocycles. The number of hydrogen-bond donors (Lipinski definition) is 1. The fourth-order valence-corrected chi connectivity index (χ4v) is 2.07. The second-order valence-electron chi connectivity index (χ2n) is 5.06. The first-order chi connectivity index (χ1) is 9.11. The van der Waals surface area contributed by atoms with E-state index in [2.05, 4.69) is 0 Å². The van der Waals surface area contributed by atoms with Crippen LogP contribution < -0.4 is 4.74 Å². The predicted molar refractivity (Wildman–Crippen MR) is 73.1 cm³/mol. The fraction of sp³-hybridized carbons (Fsp3) is 0.533. The Morgan fingerprint density at radius 2 is 2.05 bits per heavy atom. The van der Waals surface area contributed by atoms with Crippen LogP contribution in [0.15, 0.2) is 24.3 Å². The highest BCUT2D eigenvalue weighted by Crippen LogP contribution is 2.27. The first-order valence-electron chi connectivity index (χ1n) is 6.76. The summed E-state index contributed by atoms with van der Waals surface area (Å²) in [6.07, 6.45) is 1.54. The molecule has 1 unspecified atom stereocenters. The van der Waals surface area contributed by atoms with E-state index in [1.54, 1.807) is 11.8 Å². The molecule has 1 N–H and O–H groups in total. The maximum absolute atomic E-state index is 12.3. The fourth-order valence-electron chi connectivity index (χ4n) is 2.07. The lowest BCUT2D eigenvalue weighted by atomic mass is 10.2. The monoisotopic (exact) mass is 263 g/mol. The van der Waals surface area contributed by atoms with Gasteiger partial charge >= 0.3 is 0 Å². The molecular weight excluding hydrogens is 242 g/mol. The van der Waals surface area contributed by atoms with Crippen LogP contribution in [0.2, 0.25) is 0 Å². The van der Waals surface area contributed by atoms with Crippen LogP contribution in [0.3, 0.4) is 0 Å². The van der Waals surface area contributed by atoms with Gasteiger partial charge in [-0.05, 0) is 38.8 Å². The van der Waals surface area contributed by atoms with Crippen LogP contribution in [0.5, 0.6) is 5.75 Å². The number of ether oxygens (including phenoxy) is 1. The predicted octanol–water partition coefficient (Wildman–Crippen LogP) is 1.75. The van der Waals surface area contributed by atoms with Gasteiger partial charge in [0.1, 0.15) is 5.75 Å². The SMILES string of the molecule is Cc1ccc(OC(C)C(=O)N(CCO)C2CC2)cc1. The molecule has 1 aromatic rings. The summed E-state index contributed by atoms with van der Waals surface area (Å²) in [6.45, 7) is 4.16. The van der Waals surface area contributed by atoms with Crippen LogP contribution in [0.4, 0.5) is 0 Å². The minimum Gasteiger partial charge on any atom is -0.481 e. The molecular formula is C15H21NO3. The second-order valence-corrected chi connectivity index (χ2v) is 5.06. The van der Waals surface area contributed by atoms with Crippen molar-refractivity contribution in [3.05, 3.63) is 29.8 Å². The molecule has 0 radical (unpaired) electrons. The molecule has 0 bridgehead atoms. The summed E-state index contributed by atoms with van der Waals surface area (Å²) in [7, 11) is 0. The van der Waals surface area contributed by atoms with Crippen molar-refractivity contribution in [2.24, 2.45) is 0 Å². The number of aliphatic hydroxyl groups is 1. The zero-order chi connectivity index (χ0) is 13.8. The van der Waals surface area contributed by atoms with Crippen LogP contribution in [-0.4, -0.2) is 41.2 Å². The van der Waals surface area contributed by atoms with Gasteiger partial charge in [-0.3, -0.25) is 4.79 Å². The van der Waals surface area contributed by atoms with Crippen LogP contribution in [0, 0.1) is 6.92 Å². The highest BCUT2D eigenvalue weighted by atomic mass is 16.5. The quantitative estimate of drug-likeness (QED) is 0.850. The minimum absolute atomic E-state index is 0.000504. The topological polar surface area (TPSA) is 49.8 Å². The van der Waals surface area contributed by atoms with Crippen molar-refractivity contribution in [2.75, 3.05) is 13.2 Å². The van der Waals surface area contributed by atoms with Gasteiger partial charge in [0.15, 0.2) is 6.10 Å². The number of benzene rings is 1. The Balaban J connectivity index is 1.95. The number of rotatable bonds is 6. The molecule has 104 valence electrons. The normalized spacial score (nSPS) is 15.9. The van der Waals surface area contributed by atoms with Crippen LogP contribution in [0.25, 0.3) is 0 Å². The van der Waals surface area contributed by atoms with E-state index in [0.717, 1.165) is 18.4 Å². The van der Waals surface area contributed by atoms with Gasteiger partial charge in [-0.1, -0.05) is 17.7 Å². The third-order valence-electron chi connectivity index (χ3n) is 3.29. The molecule has 1 fully saturated rings. The molecule has 0 heterocycles. The van der Waals surface area contributed by atoms with E-state index in [1.807, 2.05) is 31.2 Å². The maximum atomic E-state index is 12.3. The van der Waals surface area contributed by atoms with Crippen molar-refractivity contribution in [3.8, 4) is 5.75 Å². The van der Waals surface area contributed by atoms with Crippen molar-refractivity contribution in [3.63, 3.8) is 0 Å². The summed E-state index contributed by atoms with van der Waals surface area (Å²) in [5.41, 5.74) is 1.16. The summed E-state index contributed by atoms with van der Waals surface area (Å²) in [5.74, 6) is 0.656. The van der Waals surface area contributed by atoms with E-state index in [-0.39, 0.29) is 12.5 Å². The van der Waals surface area contributed by atoms with Crippen molar-refractivity contribution < 1.29 is 14.6 Å². The third kappa shape index (κ3) is 3.70. The van der Waals surface area contributed by atoms with Crippen LogP contribution in [-0.2, 0) is 4.79 Å². The summed E-state index contributed by atoms with van der Waals surface area (Å²) < 4.78 is 5.66. The lowest BCUT2D eigenvalue weighted by Crippen LogP contribution is -2.43. The first kappa shape index (κ1) is 13.9. The van der Waals surface area contributed by atoms with E-state index in [1.165, 1.54) is 0 Å². The third-order valence-corrected chi connectivity index (χ3v) is 3.29. The Kier molecular flexibility index (Phi) is 4.43. The second kappa shape index (κ2) is 6.06. The van der Waals surface area contributed by atoms with Gasteiger partial charge in [-0.15, -0.1) is 0 Å². The van der Waals surface area contributed by atoms with E-state index < -0.39 is 6.10 Å². The van der Waals surface area contributed by atoms with Gasteiger partial charge in [0.05, 0.1) is 6.61 Å². The Bertz CT molecular complexity index is 426. The summed E-state index contributed by atoms with van der Waals surface area (Å²) >= 11 is 0. The molecule has 0 aromatic heterocycles. The van der Waals surface area contributed by atoms with Crippen molar-refractivity contribution in [2.45, 2.75) is 38.8 Å². The van der Waals surface area contributed by atoms with Crippen LogP contribution in [0.1, 0.15) is 25.3 Å². The molecule has 1 aromatic carbocycles. The van der Waals surface area contributed by atoms with Gasteiger partial charge in [-0.25, -0.2) is 0 Å². The van der Waals surface area contributed by atoms with E-state index in [9.17, 15) is 4.79 Å². The average Bonchev–Trinajstić information content (AvgIpc) is 3.22. The molecule has 0 spiro atoms. The number of carbonyl (C=O) groups is 1. The largest absolute Gasteiger partial charge is 0.481 e. The van der Waals surface area contributed by atoms with E-state index >= 15 is 0 Å². The molecule has 1 amide bonds. The van der Waals surface area contributed by atoms with Gasteiger partial charge in [0.25, 0.3) is 5.91 Å². The molecule has 1 atom stereocenters. The number of amides is 1. The minimum atomic E-state index is -0.519. The van der Waals surface area contributed by atoms with Gasteiger partial charge < -0.3 is 14.7 Å². The summed E-state index contributed by atoms with van der Waals surface area (Å²) in [6, 6.07) is 7.94. The Morgan fingerprint density at radius 1 is 1.42 bits per heavy atom. The summed E-state index contributed by atoms with van der Waals surface area (Å²) in [5, 5.41) is 9.03. The molecule has 1 aliphatic carbocycles. The van der Waals surface area contributed by atoms with Gasteiger partial charge in [0, 0.05) is 12.6 Å². The highest BCUT2D eigenvalue weighted by molar-refractivity contribution is 5.81. The molecule has 4 nitrogen and oxygen atoms in total. The molecule has 2 rings (SSSR count). The smallest absolute Gasteiger partial charge is 0.263 e. The van der Waals surface area contributed by atoms with Gasteiger partial charge in [0.2, 0.25) is 0 Å². The Labute approximate surface area is 114 Å². The number of hydrogen-bond acceptors (Lipinski definition) is 3. The molecule has 4 heteroatoms. The molecule has 19 heavy (non-hydrogen) atoms. The average molecular weight is 263 g/mol. The number of nitrogens with zero attached hydrogens (tertiary/aromatic N) is 1. The van der Waals surface area contributed by atoms with Gasteiger partial charge in [-0.2, -0.15) is 0 Å². The molecule has 0 aliphatic heterocycles. The number of aliphatic hydroxyl groups excluding tert-OH is 1. The molecule has 1 saturated carbocycles. The first-order valence-corrected chi connectivity index (χ1v) is 6.76. The standard InChI is InChI=1S/C15H21NO3/c1-11-3-7-14(8-4-11)19-12(2)15(18)16(9-10-17)13-5-6-13/h3-4,7-8,12-13,17H,5-6,9-10H2,1-2H3. The van der Waals surface area contributed by atoms with E-state index in [4.69, 9.17) is 9.84 Å². The van der Waals surface area contributed by atoms with Crippen molar-refractivity contribution in [1.29, 1.82) is 0 Å². The number of carbonyl (C=O) groups excluding carboxylic acids is 1. The lowest BCUT2D eigenvalue weighted by Gasteiger charge is -2.25. The van der Waals surface area contributed by atoms with Crippen molar-refractivity contribution >= 4 is 5.91 Å². The Morgan fingerprint density at radius 3 is 2.58 bits per heavy atom. The van der Waals surface area contributed by atoms with Crippen molar-refractivity contribution in [1.82, 2.24) is 4.90 Å². The number of aryl methyl sites for hydroxylation is 1. The molecule has 1 aliphatic rings. The summed E-state index contributed by atoms with van der Waals surface area (Å²) in [4.78, 5) is 14.0. The zero-order valence-corrected chi connectivity index (χ0v) is 11.5. The lowest BCUT2D eigenvalue weighted by molar-refractivity contribution is -0.139. The highest BCUT2D eigenvalue weighted by Gasteiger charge is 2.34. The van der Waals surface area contributed by atoms with E-state index in [0.29, 0.717) is 18.3 Å². The maximum Gasteiger partial charge on any atom is 0.263 e. The van der Waals surface area contributed by atoms with Crippen LogP contribution >= 0.6 is 0 Å². The Hall–Kier alpha value is -1.55.